The number of aromatic amines is 1. The molecule has 120 valence electrons. The average molecular weight is 312 g/mol. The van der Waals surface area contributed by atoms with Crippen LogP contribution in [0.3, 0.4) is 0 Å². The van der Waals surface area contributed by atoms with Crippen LogP contribution in [0.1, 0.15) is 28.9 Å². The van der Waals surface area contributed by atoms with E-state index in [2.05, 4.69) is 9.98 Å². The number of aliphatic imine (C=N–C) groups is 1. The molecule has 2 unspecified atom stereocenters. The summed E-state index contributed by atoms with van der Waals surface area (Å²) in [5.74, 6) is -0.983. The molecule has 2 atom stereocenters. The number of amides is 1. The second kappa shape index (κ2) is 5.99. The van der Waals surface area contributed by atoms with Crippen LogP contribution >= 0.6 is 0 Å². The number of aliphatic carboxylic acids is 1. The van der Waals surface area contributed by atoms with Crippen molar-refractivity contribution < 1.29 is 14.7 Å². The van der Waals surface area contributed by atoms with Gasteiger partial charge in [-0.1, -0.05) is 18.2 Å². The molecule has 1 aliphatic carbocycles. The van der Waals surface area contributed by atoms with Crippen LogP contribution in [0.15, 0.2) is 29.3 Å². The molecule has 0 bridgehead atoms. The van der Waals surface area contributed by atoms with Crippen molar-refractivity contribution in [1.29, 1.82) is 0 Å². The molecule has 2 N–H and O–H groups in total. The maximum atomic E-state index is 12.2. The maximum absolute atomic E-state index is 12.2. The Kier molecular flexibility index (Phi) is 4.03. The molecule has 1 aliphatic heterocycles. The number of allylic oxidation sites excluding steroid dienone is 4. The monoisotopic (exact) mass is 312 g/mol. The molecule has 0 fully saturated rings. The fourth-order valence-corrected chi connectivity index (χ4v) is 3.47. The Balaban J connectivity index is 1.80. The normalized spacial score (nSPS) is 22.3. The summed E-state index contributed by atoms with van der Waals surface area (Å²) in [5, 5.41) is 8.87. The molecule has 0 saturated carbocycles. The Hall–Kier alpha value is -2.43. The Bertz CT molecular complexity index is 753. The first-order valence-electron chi connectivity index (χ1n) is 7.83. The topological polar surface area (TPSA) is 82.5 Å². The van der Waals surface area contributed by atoms with Crippen molar-refractivity contribution >= 4 is 17.6 Å². The van der Waals surface area contributed by atoms with Gasteiger partial charge in [0.15, 0.2) is 0 Å². The van der Waals surface area contributed by atoms with Gasteiger partial charge in [-0.15, -0.1) is 0 Å². The summed E-state index contributed by atoms with van der Waals surface area (Å²) in [6.45, 7) is 3.95. The highest BCUT2D eigenvalue weighted by Gasteiger charge is 2.36. The summed E-state index contributed by atoms with van der Waals surface area (Å²) < 4.78 is 0. The second-order valence-electron chi connectivity index (χ2n) is 6.18. The van der Waals surface area contributed by atoms with E-state index in [9.17, 15) is 9.59 Å². The van der Waals surface area contributed by atoms with Crippen molar-refractivity contribution in [3.05, 3.63) is 46.8 Å². The molecule has 5 heteroatoms. The van der Waals surface area contributed by atoms with Crippen LogP contribution in [-0.4, -0.2) is 27.7 Å². The highest BCUT2D eigenvalue weighted by molar-refractivity contribution is 6.12. The van der Waals surface area contributed by atoms with E-state index in [1.54, 1.807) is 0 Å². The van der Waals surface area contributed by atoms with Crippen LogP contribution in [-0.2, 0) is 22.4 Å². The first kappa shape index (κ1) is 15.5. The van der Waals surface area contributed by atoms with Crippen molar-refractivity contribution in [2.75, 3.05) is 0 Å². The lowest BCUT2D eigenvalue weighted by Crippen LogP contribution is -2.22. The van der Waals surface area contributed by atoms with Crippen LogP contribution < -0.4 is 0 Å². The number of hydrogen-bond donors (Lipinski definition) is 2. The van der Waals surface area contributed by atoms with Gasteiger partial charge in [-0.3, -0.25) is 9.59 Å². The lowest BCUT2D eigenvalue weighted by molar-refractivity contribution is -0.137. The molecular weight excluding hydrogens is 292 g/mol. The number of nitrogens with zero attached hydrogens (tertiary/aromatic N) is 1. The number of carboxylic acids is 1. The minimum absolute atomic E-state index is 0.0537. The zero-order chi connectivity index (χ0) is 16.6. The zero-order valence-electron chi connectivity index (χ0n) is 13.3. The van der Waals surface area contributed by atoms with Crippen LogP contribution in [0.4, 0.5) is 0 Å². The SMILES string of the molecule is Cc1[nH]c(CC2C(=O)N=C3C=CC=CC32)c(C)c1CCC(=O)O. The lowest BCUT2D eigenvalue weighted by atomic mass is 9.84. The third-order valence-corrected chi connectivity index (χ3v) is 4.74. The van der Waals surface area contributed by atoms with Crippen LogP contribution in [0.5, 0.6) is 0 Å². The predicted molar refractivity (Wildman–Crippen MR) is 87.6 cm³/mol. The Morgan fingerprint density at radius 1 is 1.35 bits per heavy atom. The molecule has 23 heavy (non-hydrogen) atoms. The Labute approximate surface area is 134 Å². The summed E-state index contributed by atoms with van der Waals surface area (Å²) in [7, 11) is 0. The number of aromatic nitrogens is 1. The first-order valence-corrected chi connectivity index (χ1v) is 7.83. The van der Waals surface area contributed by atoms with E-state index in [0.717, 1.165) is 28.2 Å². The van der Waals surface area contributed by atoms with Gasteiger partial charge in [-0.2, -0.15) is 0 Å². The van der Waals surface area contributed by atoms with Gasteiger partial charge in [0.05, 0.1) is 11.6 Å². The standard InChI is InChI=1S/C18H20N2O3/c1-10-12(7-8-17(21)22)11(2)19-16(10)9-14-13-5-3-4-6-15(13)20-18(14)23/h3-6,13-14,19H,7-9H2,1-2H3,(H,21,22). The Morgan fingerprint density at radius 3 is 2.87 bits per heavy atom. The highest BCUT2D eigenvalue weighted by atomic mass is 16.4. The fraction of sp³-hybridized carbons (Fsp3) is 0.389. The second-order valence-corrected chi connectivity index (χ2v) is 6.18. The van der Waals surface area contributed by atoms with Crippen molar-refractivity contribution in [1.82, 2.24) is 4.98 Å². The number of H-pyrrole nitrogens is 1. The van der Waals surface area contributed by atoms with Crippen molar-refractivity contribution in [3.8, 4) is 0 Å². The molecule has 2 heterocycles. The van der Waals surface area contributed by atoms with Gasteiger partial charge in [-0.05, 0) is 37.5 Å². The number of carboxylic acid groups (broad SMARTS) is 1. The summed E-state index contributed by atoms with van der Waals surface area (Å²) in [6, 6.07) is 0. The fourth-order valence-electron chi connectivity index (χ4n) is 3.47. The first-order chi connectivity index (χ1) is 11.0. The number of carbonyl (C=O) groups is 2. The number of fused-ring (bicyclic) bond motifs is 1. The molecule has 1 amide bonds. The lowest BCUT2D eigenvalue weighted by Gasteiger charge is -2.16. The summed E-state index contributed by atoms with van der Waals surface area (Å²) in [4.78, 5) is 30.5. The summed E-state index contributed by atoms with van der Waals surface area (Å²) in [6.07, 6.45) is 9.02. The third-order valence-electron chi connectivity index (χ3n) is 4.74. The van der Waals surface area contributed by atoms with E-state index in [1.165, 1.54) is 0 Å². The van der Waals surface area contributed by atoms with Crippen LogP contribution in [0, 0.1) is 25.7 Å². The average Bonchev–Trinajstić information content (AvgIpc) is 2.95. The number of nitrogens with one attached hydrogen (secondary N) is 1. The molecule has 0 aromatic carbocycles. The molecule has 1 aromatic rings. The summed E-state index contributed by atoms with van der Waals surface area (Å²) >= 11 is 0. The van der Waals surface area contributed by atoms with Crippen LogP contribution in [0.25, 0.3) is 0 Å². The predicted octanol–water partition coefficient (Wildman–Crippen LogP) is 2.53. The van der Waals surface area contributed by atoms with Gasteiger partial charge in [-0.25, -0.2) is 4.99 Å². The van der Waals surface area contributed by atoms with Gasteiger partial charge in [0, 0.05) is 30.1 Å². The van der Waals surface area contributed by atoms with Crippen molar-refractivity contribution in [2.24, 2.45) is 16.8 Å². The van der Waals surface area contributed by atoms with Crippen molar-refractivity contribution in [2.45, 2.75) is 33.1 Å². The maximum Gasteiger partial charge on any atom is 0.303 e. The van der Waals surface area contributed by atoms with Gasteiger partial charge in [0.1, 0.15) is 0 Å². The van der Waals surface area contributed by atoms with Gasteiger partial charge >= 0.3 is 5.97 Å². The summed E-state index contributed by atoms with van der Waals surface area (Å²) in [5.41, 5.74) is 4.97. The molecule has 0 spiro atoms. The van der Waals surface area contributed by atoms with E-state index in [1.807, 2.05) is 38.2 Å². The molecule has 3 rings (SSSR count). The zero-order valence-corrected chi connectivity index (χ0v) is 13.3. The molecule has 5 nitrogen and oxygen atoms in total. The van der Waals surface area contributed by atoms with E-state index >= 15 is 0 Å². The van der Waals surface area contributed by atoms with Crippen molar-refractivity contribution in [3.63, 3.8) is 0 Å². The Morgan fingerprint density at radius 2 is 2.13 bits per heavy atom. The minimum atomic E-state index is -0.797. The van der Waals surface area contributed by atoms with Gasteiger partial charge < -0.3 is 10.1 Å². The smallest absolute Gasteiger partial charge is 0.303 e. The number of aryl methyl sites for hydroxylation is 1. The van der Waals surface area contributed by atoms with E-state index in [0.29, 0.717) is 12.8 Å². The largest absolute Gasteiger partial charge is 0.481 e. The third kappa shape index (κ3) is 2.91. The van der Waals surface area contributed by atoms with E-state index < -0.39 is 5.97 Å². The van der Waals surface area contributed by atoms with Gasteiger partial charge in [0.2, 0.25) is 5.91 Å². The molecule has 0 radical (unpaired) electrons. The van der Waals surface area contributed by atoms with E-state index in [4.69, 9.17) is 5.11 Å². The quantitative estimate of drug-likeness (QED) is 0.876. The molecule has 1 aromatic heterocycles. The highest BCUT2D eigenvalue weighted by Crippen LogP contribution is 2.32. The van der Waals surface area contributed by atoms with E-state index in [-0.39, 0.29) is 24.2 Å². The molecule has 0 saturated heterocycles. The number of rotatable bonds is 5. The number of carbonyl (C=O) groups excluding carboxylic acids is 1. The molecular formula is C18H20N2O3. The van der Waals surface area contributed by atoms with Gasteiger partial charge in [0.25, 0.3) is 0 Å². The molecule has 2 aliphatic rings. The van der Waals surface area contributed by atoms with Crippen LogP contribution in [0.2, 0.25) is 0 Å². The minimum Gasteiger partial charge on any atom is -0.481 e. The number of hydrogen-bond acceptors (Lipinski definition) is 2.